The number of methoxy groups -OCH3 is 1. The van der Waals surface area contributed by atoms with Crippen molar-refractivity contribution in [1.29, 1.82) is 0 Å². The molecule has 2 aromatic carbocycles. The summed E-state index contributed by atoms with van der Waals surface area (Å²) in [6.45, 7) is 4.00. The van der Waals surface area contributed by atoms with Crippen LogP contribution in [0.3, 0.4) is 0 Å². The molecule has 0 amide bonds. The summed E-state index contributed by atoms with van der Waals surface area (Å²) in [5, 5.41) is 2.44. The topological polar surface area (TPSA) is 26.3 Å². The number of ether oxygens (including phenoxy) is 1. The van der Waals surface area contributed by atoms with Crippen molar-refractivity contribution < 1.29 is 9.53 Å². The predicted molar refractivity (Wildman–Crippen MR) is 75.6 cm³/mol. The Hall–Kier alpha value is -1.83. The van der Waals surface area contributed by atoms with E-state index >= 15 is 0 Å². The van der Waals surface area contributed by atoms with Gasteiger partial charge in [0, 0.05) is 6.42 Å². The minimum Gasteiger partial charge on any atom is -0.469 e. The molecule has 0 spiro atoms. The summed E-state index contributed by atoms with van der Waals surface area (Å²) >= 11 is 0. The maximum absolute atomic E-state index is 11.0. The zero-order chi connectivity index (χ0) is 13.4. The summed E-state index contributed by atoms with van der Waals surface area (Å²) in [6, 6.07) is 14.5. The van der Waals surface area contributed by atoms with Crippen LogP contribution in [0.5, 0.6) is 0 Å². The minimum absolute atomic E-state index is 0.159. The fourth-order valence-electron chi connectivity index (χ4n) is 1.74. The number of esters is 1. The van der Waals surface area contributed by atoms with Crippen LogP contribution in [0.2, 0.25) is 0 Å². The number of rotatable bonds is 3. The third-order valence-electron chi connectivity index (χ3n) is 2.66. The van der Waals surface area contributed by atoms with Crippen LogP contribution in [0.4, 0.5) is 0 Å². The van der Waals surface area contributed by atoms with Gasteiger partial charge in [-0.2, -0.15) is 0 Å². The maximum Gasteiger partial charge on any atom is 0.305 e. The van der Waals surface area contributed by atoms with E-state index in [1.165, 1.54) is 23.4 Å². The Morgan fingerprint density at radius 2 is 1.72 bits per heavy atom. The van der Waals surface area contributed by atoms with E-state index in [0.717, 1.165) is 6.42 Å². The Kier molecular flexibility index (Phi) is 5.92. The van der Waals surface area contributed by atoms with E-state index in [1.54, 1.807) is 0 Å². The van der Waals surface area contributed by atoms with Gasteiger partial charge in [-0.15, -0.1) is 0 Å². The van der Waals surface area contributed by atoms with Crippen molar-refractivity contribution in [3.63, 3.8) is 0 Å². The lowest BCUT2D eigenvalue weighted by Gasteiger charge is -2.03. The van der Waals surface area contributed by atoms with Gasteiger partial charge >= 0.3 is 5.97 Å². The van der Waals surface area contributed by atoms with Gasteiger partial charge in [0.1, 0.15) is 0 Å². The Labute approximate surface area is 109 Å². The molecule has 2 heteroatoms. The lowest BCUT2D eigenvalue weighted by Crippen LogP contribution is -2.01. The van der Waals surface area contributed by atoms with Crippen LogP contribution < -0.4 is 0 Å². The highest BCUT2D eigenvalue weighted by Crippen LogP contribution is 2.16. The monoisotopic (exact) mass is 244 g/mol. The van der Waals surface area contributed by atoms with Gasteiger partial charge in [-0.05, 0) is 22.8 Å². The highest BCUT2D eigenvalue weighted by atomic mass is 16.5. The predicted octanol–water partition coefficient (Wildman–Crippen LogP) is 3.97. The number of hydrogen-bond acceptors (Lipinski definition) is 2. The highest BCUT2D eigenvalue weighted by molar-refractivity contribution is 5.83. The molecule has 2 aromatic rings. The van der Waals surface area contributed by atoms with Crippen molar-refractivity contribution in [2.75, 3.05) is 7.11 Å². The molecule has 0 fully saturated rings. The lowest BCUT2D eigenvalue weighted by molar-refractivity contribution is -0.140. The number of benzene rings is 2. The Morgan fingerprint density at radius 1 is 1.06 bits per heavy atom. The van der Waals surface area contributed by atoms with Crippen LogP contribution in [0.25, 0.3) is 10.8 Å². The third kappa shape index (κ3) is 3.88. The summed E-state index contributed by atoms with van der Waals surface area (Å²) in [5.74, 6) is -0.159. The van der Waals surface area contributed by atoms with Crippen molar-refractivity contribution >= 4 is 16.7 Å². The average Bonchev–Trinajstić information content (AvgIpc) is 2.46. The summed E-state index contributed by atoms with van der Waals surface area (Å²) in [5.41, 5.74) is 1.17. The fourth-order valence-corrected chi connectivity index (χ4v) is 1.74. The summed E-state index contributed by atoms with van der Waals surface area (Å²) < 4.78 is 4.62. The molecular weight excluding hydrogens is 224 g/mol. The standard InChI is InChI=1S/C14H14O2.C2H6/c1-16-14(15)9-7-11-6-8-12-4-2-3-5-13(12)10-11;1-2/h2-6,8,10H,7,9H2,1H3;1-2H3. The van der Waals surface area contributed by atoms with Crippen molar-refractivity contribution in [3.8, 4) is 0 Å². The zero-order valence-electron chi connectivity index (χ0n) is 11.3. The van der Waals surface area contributed by atoms with E-state index in [2.05, 4.69) is 35.1 Å². The quantitative estimate of drug-likeness (QED) is 0.764. The molecule has 0 aliphatic carbocycles. The first-order chi connectivity index (χ1) is 8.79. The van der Waals surface area contributed by atoms with Crippen LogP contribution in [-0.2, 0) is 16.0 Å². The second-order valence-corrected chi connectivity index (χ2v) is 3.76. The smallest absolute Gasteiger partial charge is 0.305 e. The first kappa shape index (κ1) is 14.2. The second-order valence-electron chi connectivity index (χ2n) is 3.76. The molecule has 0 saturated carbocycles. The van der Waals surface area contributed by atoms with Crippen LogP contribution in [0, 0.1) is 0 Å². The molecule has 2 rings (SSSR count). The summed E-state index contributed by atoms with van der Waals surface area (Å²) in [7, 11) is 1.42. The van der Waals surface area contributed by atoms with E-state index in [9.17, 15) is 4.79 Å². The molecule has 0 saturated heterocycles. The molecule has 0 unspecified atom stereocenters. The van der Waals surface area contributed by atoms with Crippen molar-refractivity contribution in [3.05, 3.63) is 48.0 Å². The number of hydrogen-bond donors (Lipinski definition) is 0. The van der Waals surface area contributed by atoms with E-state index in [0.29, 0.717) is 6.42 Å². The van der Waals surface area contributed by atoms with Gasteiger partial charge in [0.05, 0.1) is 7.11 Å². The van der Waals surface area contributed by atoms with Crippen LogP contribution in [0.15, 0.2) is 42.5 Å². The molecule has 0 atom stereocenters. The number of aryl methyl sites for hydroxylation is 1. The molecule has 0 heterocycles. The normalized spacial score (nSPS) is 9.50. The second kappa shape index (κ2) is 7.49. The van der Waals surface area contributed by atoms with E-state index in [-0.39, 0.29) is 5.97 Å². The van der Waals surface area contributed by atoms with Crippen molar-refractivity contribution in [2.24, 2.45) is 0 Å². The average molecular weight is 244 g/mol. The third-order valence-corrected chi connectivity index (χ3v) is 2.66. The van der Waals surface area contributed by atoms with Gasteiger partial charge < -0.3 is 4.74 Å². The van der Waals surface area contributed by atoms with E-state index < -0.39 is 0 Å². The molecule has 0 N–H and O–H groups in total. The van der Waals surface area contributed by atoms with Gasteiger partial charge in [-0.3, -0.25) is 4.79 Å². The Balaban J connectivity index is 0.000000771. The largest absolute Gasteiger partial charge is 0.469 e. The van der Waals surface area contributed by atoms with E-state index in [4.69, 9.17) is 0 Å². The van der Waals surface area contributed by atoms with Gasteiger partial charge in [0.25, 0.3) is 0 Å². The van der Waals surface area contributed by atoms with E-state index in [1.807, 2.05) is 26.0 Å². The van der Waals surface area contributed by atoms with Gasteiger partial charge in [-0.25, -0.2) is 0 Å². The number of fused-ring (bicyclic) bond motifs is 1. The molecule has 0 bridgehead atoms. The number of carbonyl (C=O) groups excluding carboxylic acids is 1. The fraction of sp³-hybridized carbons (Fsp3) is 0.312. The SMILES string of the molecule is CC.COC(=O)CCc1ccc2ccccc2c1. The van der Waals surface area contributed by atoms with Crippen molar-refractivity contribution in [2.45, 2.75) is 26.7 Å². The van der Waals surface area contributed by atoms with Crippen molar-refractivity contribution in [1.82, 2.24) is 0 Å². The molecule has 2 nitrogen and oxygen atoms in total. The minimum atomic E-state index is -0.159. The van der Waals surface area contributed by atoms with Gasteiger partial charge in [0.2, 0.25) is 0 Å². The lowest BCUT2D eigenvalue weighted by atomic mass is 10.0. The Bertz CT molecular complexity index is 503. The molecule has 96 valence electrons. The summed E-state index contributed by atoms with van der Waals surface area (Å²) in [4.78, 5) is 11.0. The van der Waals surface area contributed by atoms with Crippen LogP contribution in [0.1, 0.15) is 25.8 Å². The molecule has 0 aromatic heterocycles. The Morgan fingerprint density at radius 3 is 2.39 bits per heavy atom. The molecule has 18 heavy (non-hydrogen) atoms. The molecule has 0 aliphatic heterocycles. The van der Waals surface area contributed by atoms with Gasteiger partial charge in [-0.1, -0.05) is 56.3 Å². The number of carbonyl (C=O) groups is 1. The van der Waals surface area contributed by atoms with Crippen LogP contribution in [-0.4, -0.2) is 13.1 Å². The van der Waals surface area contributed by atoms with Crippen LogP contribution >= 0.6 is 0 Å². The molecular formula is C16H20O2. The highest BCUT2D eigenvalue weighted by Gasteiger charge is 2.01. The summed E-state index contributed by atoms with van der Waals surface area (Å²) in [6.07, 6.45) is 1.17. The maximum atomic E-state index is 11.0. The molecule has 0 aliphatic rings. The first-order valence-corrected chi connectivity index (χ1v) is 6.34. The molecule has 0 radical (unpaired) electrons. The van der Waals surface area contributed by atoms with Gasteiger partial charge in [0.15, 0.2) is 0 Å². The first-order valence-electron chi connectivity index (χ1n) is 6.34. The zero-order valence-corrected chi connectivity index (χ0v) is 11.3.